The van der Waals surface area contributed by atoms with Gasteiger partial charge in [-0.1, -0.05) is 103 Å². The molecule has 15 rings (SSSR count). The number of carboxylic acid groups (broad SMARTS) is 1. The fraction of sp³-hybridized carbons (Fsp3) is 0.458. The summed E-state index contributed by atoms with van der Waals surface area (Å²) >= 11 is 21.0. The van der Waals surface area contributed by atoms with E-state index in [1.165, 1.54) is 26.0 Å². The molecule has 8 amide bonds. The molecule has 142 heavy (non-hydrogen) atoms. The van der Waals surface area contributed by atoms with Gasteiger partial charge in [0.1, 0.15) is 95.5 Å². The summed E-state index contributed by atoms with van der Waals surface area (Å²) in [7, 11) is 1.15. The molecule has 0 radical (unpaired) electrons. The predicted molar refractivity (Wildman–Crippen MR) is 505 cm³/mol. The monoisotopic (exact) mass is 2040 g/mol. The molecular weight excluding hydrogens is 1920 g/mol. The number of carboxylic acids is 1. The third kappa shape index (κ3) is 25.4. The molecule has 22 atom stereocenters. The Morgan fingerprint density at radius 2 is 1.24 bits per heavy atom. The molecule has 3 saturated heterocycles. The summed E-state index contributed by atoms with van der Waals surface area (Å²) in [5, 5.41) is 142. The van der Waals surface area contributed by atoms with Crippen molar-refractivity contribution in [3.63, 3.8) is 0 Å². The summed E-state index contributed by atoms with van der Waals surface area (Å²) in [5.74, 6) is -18.5. The number of primary amides is 1. The van der Waals surface area contributed by atoms with Crippen LogP contribution >= 0.6 is 34.8 Å². The van der Waals surface area contributed by atoms with Crippen molar-refractivity contribution >= 4 is 94.2 Å². The number of nitrogens with two attached hydrogens (primary N) is 3. The second-order valence-electron chi connectivity index (χ2n) is 36.5. The van der Waals surface area contributed by atoms with Crippen molar-refractivity contribution in [2.75, 3.05) is 53.2 Å². The Morgan fingerprint density at radius 3 is 1.87 bits per heavy atom. The van der Waals surface area contributed by atoms with Crippen LogP contribution in [0.5, 0.6) is 46.0 Å². The summed E-state index contributed by atoms with van der Waals surface area (Å²) in [6, 6.07) is 12.7. The molecule has 8 heterocycles. The third-order valence-electron chi connectivity index (χ3n) is 25.2. The molecule has 46 heteroatoms. The molecule has 8 aliphatic heterocycles. The van der Waals surface area contributed by atoms with Gasteiger partial charge in [-0.3, -0.25) is 43.3 Å². The van der Waals surface area contributed by atoms with Gasteiger partial charge in [0.05, 0.1) is 54.0 Å². The molecule has 0 aromatic heterocycles. The van der Waals surface area contributed by atoms with E-state index in [4.69, 9.17) is 99.4 Å². The van der Waals surface area contributed by atoms with E-state index >= 15 is 28.8 Å². The molecule has 7 aromatic rings. The summed E-state index contributed by atoms with van der Waals surface area (Å²) in [6.07, 6.45) is -24.0. The number of hydrogen-bond donors (Lipinski definition) is 22. The number of rotatable bonds is 30. The van der Waals surface area contributed by atoms with Crippen molar-refractivity contribution in [1.82, 2.24) is 52.8 Å². The number of esters is 1. The van der Waals surface area contributed by atoms with Gasteiger partial charge in [-0.05, 0) is 185 Å². The number of ether oxygens (including phenoxy) is 10. The van der Waals surface area contributed by atoms with Crippen LogP contribution in [0.15, 0.2) is 127 Å². The maximum Gasteiger partial charge on any atom is 0.413 e. The highest BCUT2D eigenvalue weighted by Crippen LogP contribution is 2.51. The first-order valence-corrected chi connectivity index (χ1v) is 46.9. The van der Waals surface area contributed by atoms with Crippen LogP contribution in [0.4, 0.5) is 4.79 Å². The lowest BCUT2D eigenvalue weighted by Gasteiger charge is -2.48. The van der Waals surface area contributed by atoms with Crippen LogP contribution in [0.3, 0.4) is 0 Å². The minimum Gasteiger partial charge on any atom is -0.508 e. The van der Waals surface area contributed by atoms with E-state index in [2.05, 4.69) is 47.9 Å². The third-order valence-corrected chi connectivity index (χ3v) is 26.1. The van der Waals surface area contributed by atoms with E-state index in [1.807, 2.05) is 36.4 Å². The second-order valence-corrected chi connectivity index (χ2v) is 37.7. The highest BCUT2D eigenvalue weighted by atomic mass is 35.5. The van der Waals surface area contributed by atoms with E-state index in [0.29, 0.717) is 37.6 Å². The molecule has 7 aromatic carbocycles. The van der Waals surface area contributed by atoms with Crippen LogP contribution in [-0.4, -0.2) is 271 Å². The standard InChI is InChI=1S/C96H116Cl3N13O30/c1-43(2)28-60(112(7)94(132)134-42-133-69(118)40-104-27-9-26-103-25-8-24-100)87(125)110-76-78(119)50-17-22-63(57(98)30-50)137-65-32-52-33-66(82(65)142-93-83(80(121)79(120)67(41-113)139-93)141-71-38-96(6,85(123)45(4)136-71)105-39-46-10-12-47(13-11-46)48-14-19-53(97)20-15-48)138-64-23-18-51(31-58(64)99)81(140-70-37-95(5,102)84(122)44(3)135-70)77-91(129)109-75(92(130)131)56-34-54(114)35-62(116)72(56)55-29-49(16-21-61(55)115)73(88(126)111-77)108-89(127)74(52)107-86(124)59(36-68(101)117)106-90(76)128/h10-23,29-35,43-45,59-60,67,70-71,73-81,83-85,93,103-105,113-116,119-123H,8-9,24-28,36-42,100,102H2,1-7H3,(H2,101,117)(H,106,128)(H,107,124)(H,108,127)(H,109,129)(H,110,125)(H,111,126)(H,130,131)/t44-,45-,59-,60+,67+,70-,71-,73+,74+,75-,76+,77-,78+,79+,80-,81+,83+,84-,85-,93-,95-,96-/m0/s1. The highest BCUT2D eigenvalue weighted by molar-refractivity contribution is 6.32. The lowest BCUT2D eigenvalue weighted by atomic mass is 9.84. The number of nitrogens with zero attached hydrogens (tertiary/aromatic N) is 1. The maximum atomic E-state index is 16.8. The molecule has 11 bridgehead atoms. The number of carbonyl (C=O) groups excluding carboxylic acids is 9. The van der Waals surface area contributed by atoms with Crippen molar-refractivity contribution in [1.29, 1.82) is 0 Å². The molecule has 0 spiro atoms. The zero-order chi connectivity index (χ0) is 103. The molecule has 43 nitrogen and oxygen atoms in total. The number of aliphatic hydroxyl groups excluding tert-OH is 6. The number of amides is 8. The predicted octanol–water partition coefficient (Wildman–Crippen LogP) is 3.76. The van der Waals surface area contributed by atoms with Crippen LogP contribution in [-0.2, 0) is 82.9 Å². The largest absolute Gasteiger partial charge is 0.508 e. The number of aliphatic carboxylic acids is 1. The first kappa shape index (κ1) is 107. The fourth-order valence-electron chi connectivity index (χ4n) is 17.5. The van der Waals surface area contributed by atoms with Crippen LogP contribution in [0, 0.1) is 5.92 Å². The Balaban J connectivity index is 0.968. The van der Waals surface area contributed by atoms with Crippen molar-refractivity contribution in [2.24, 2.45) is 23.1 Å². The number of benzene rings is 7. The maximum absolute atomic E-state index is 16.8. The van der Waals surface area contributed by atoms with Gasteiger partial charge >= 0.3 is 18.0 Å². The molecule has 0 unspecified atom stereocenters. The molecule has 25 N–H and O–H groups in total. The van der Waals surface area contributed by atoms with Crippen LogP contribution in [0.25, 0.3) is 22.3 Å². The van der Waals surface area contributed by atoms with Gasteiger partial charge in [0.15, 0.2) is 36.2 Å². The second kappa shape index (κ2) is 46.6. The zero-order valence-electron chi connectivity index (χ0n) is 78.1. The van der Waals surface area contributed by atoms with Crippen molar-refractivity contribution < 1.29 is 146 Å². The number of phenols is 3. The van der Waals surface area contributed by atoms with Crippen molar-refractivity contribution in [3.8, 4) is 68.2 Å². The average molecular weight is 2040 g/mol. The van der Waals surface area contributed by atoms with Crippen LogP contribution in [0.1, 0.15) is 144 Å². The van der Waals surface area contributed by atoms with Gasteiger partial charge in [-0.15, -0.1) is 0 Å². The topological polar surface area (TPSA) is 655 Å². The number of phenolic OH excluding ortho intramolecular Hbond substituents is 3. The van der Waals surface area contributed by atoms with Crippen LogP contribution in [0.2, 0.25) is 15.1 Å². The zero-order valence-corrected chi connectivity index (χ0v) is 80.4. The summed E-state index contributed by atoms with van der Waals surface area (Å²) in [6.45, 7) is 9.73. The number of halogens is 3. The molecular formula is C96H116Cl3N13O30. The molecule has 0 saturated carbocycles. The summed E-state index contributed by atoms with van der Waals surface area (Å²) in [4.78, 5) is 151. The smallest absolute Gasteiger partial charge is 0.413 e. The SMILES string of the molecule is CC(C)C[C@H](C(=O)N[C@H]1C(=O)N[C@@H](CC(N)=O)C(=O)N[C@H]2C(=O)N[C@H]3C(=O)N[C@H](C(=O)N[C@H](C(=O)O)c4cc(O)cc(O)c4-c4cc3ccc4O)[C@H](O[C@H]3C[C@](C)(N)[C@@H](O)[C@H](C)O3)c3ccc(c(Cl)c3)Oc3cc2cc(c3O[C@@H]2O[C@H](CO)[C@@H](O)[C@H](O)[C@H]2O[C@H]2C[C@](C)(NCc3ccc(-c4ccc(Cl)cc4)cc3)[C@@H](O)[C@H](C)O2)Oc2ccc(cc2Cl)[C@H]1O)N(C)C(=O)OCOC(=O)CNCCCNCCCN. The quantitative estimate of drug-likeness (QED) is 0.0173. The van der Waals surface area contributed by atoms with Gasteiger partial charge in [0, 0.05) is 65.3 Å². The number of nitrogens with one attached hydrogen (secondary N) is 9. The van der Waals surface area contributed by atoms with E-state index in [1.54, 1.807) is 39.8 Å². The van der Waals surface area contributed by atoms with E-state index in [9.17, 15) is 70.2 Å². The normalized spacial score (nSPS) is 27.5. The van der Waals surface area contributed by atoms with Gasteiger partial charge < -0.3 is 163 Å². The fourth-order valence-corrected chi connectivity index (χ4v) is 18.1. The number of aromatic hydroxyl groups is 3. The first-order chi connectivity index (χ1) is 67.4. The lowest BCUT2D eigenvalue weighted by molar-refractivity contribution is -0.334. The highest BCUT2D eigenvalue weighted by Gasteiger charge is 2.54. The molecule has 8 aliphatic rings. The summed E-state index contributed by atoms with van der Waals surface area (Å²) < 4.78 is 63.5. The number of fused-ring (bicyclic) bond motifs is 15. The molecule has 3 fully saturated rings. The number of carbonyl (C=O) groups is 10. The lowest BCUT2D eigenvalue weighted by Crippen LogP contribution is -2.65. The van der Waals surface area contributed by atoms with Gasteiger partial charge in [0.25, 0.3) is 0 Å². The Labute approximate surface area is 829 Å². The average Bonchev–Trinajstić information content (AvgIpc) is 0.771. The van der Waals surface area contributed by atoms with Crippen LogP contribution < -0.4 is 79.3 Å². The van der Waals surface area contributed by atoms with E-state index in [0.717, 1.165) is 102 Å². The Bertz CT molecular complexity index is 5780. The Morgan fingerprint density at radius 1 is 0.634 bits per heavy atom. The van der Waals surface area contributed by atoms with E-state index in [-0.39, 0.29) is 43.5 Å². The molecule has 766 valence electrons. The molecule has 0 aliphatic carbocycles. The van der Waals surface area contributed by atoms with Crippen molar-refractivity contribution in [2.45, 2.75) is 220 Å². The Kier molecular flexibility index (Phi) is 35.3. The number of hydrogen-bond acceptors (Lipinski definition) is 34. The van der Waals surface area contributed by atoms with E-state index < -0.39 is 302 Å². The summed E-state index contributed by atoms with van der Waals surface area (Å²) in [5.41, 5.74) is 14.8. The number of likely N-dealkylation sites (N-methyl/N-ethyl adjacent to an activating group) is 1. The van der Waals surface area contributed by atoms with Gasteiger partial charge in [0.2, 0.25) is 60.2 Å². The minimum atomic E-state index is -2.49. The Hall–Kier alpha value is -11.9. The number of aliphatic hydroxyl groups is 6. The first-order valence-electron chi connectivity index (χ1n) is 45.8. The minimum absolute atomic E-state index is 0.167. The van der Waals surface area contributed by atoms with Gasteiger partial charge in [-0.2, -0.15) is 0 Å². The van der Waals surface area contributed by atoms with Gasteiger partial charge in [-0.25, -0.2) is 9.59 Å². The van der Waals surface area contributed by atoms with Crippen molar-refractivity contribution in [3.05, 3.63) is 176 Å².